The van der Waals surface area contributed by atoms with E-state index in [9.17, 15) is 9.59 Å². The van der Waals surface area contributed by atoms with Crippen molar-refractivity contribution in [3.05, 3.63) is 47.5 Å². The minimum absolute atomic E-state index is 0.472. The molecular weight excluding hydrogens is 284 g/mol. The second kappa shape index (κ2) is 5.10. The average molecular weight is 300 g/mol. The van der Waals surface area contributed by atoms with Crippen molar-refractivity contribution in [2.24, 2.45) is 0 Å². The number of esters is 2. The number of allylic oxidation sites excluding steroid dienone is 2. The van der Waals surface area contributed by atoms with Gasteiger partial charge in [0.1, 0.15) is 0 Å². The van der Waals surface area contributed by atoms with E-state index in [4.69, 9.17) is 14.2 Å². The van der Waals surface area contributed by atoms with E-state index >= 15 is 0 Å². The van der Waals surface area contributed by atoms with Crippen molar-refractivity contribution in [1.82, 2.24) is 0 Å². The van der Waals surface area contributed by atoms with Gasteiger partial charge in [0.05, 0.1) is 0 Å². The molecule has 3 rings (SSSR count). The summed E-state index contributed by atoms with van der Waals surface area (Å²) in [6.45, 7) is 2.60. The van der Waals surface area contributed by atoms with Gasteiger partial charge in [0, 0.05) is 21.0 Å². The largest absolute Gasteiger partial charge is 0.451 e. The van der Waals surface area contributed by atoms with Crippen molar-refractivity contribution in [1.29, 1.82) is 0 Å². The lowest BCUT2D eigenvalue weighted by molar-refractivity contribution is -0.231. The Bertz CT molecular complexity index is 716. The lowest BCUT2D eigenvalue weighted by Gasteiger charge is -2.41. The lowest BCUT2D eigenvalue weighted by Crippen LogP contribution is -2.49. The molecule has 1 aromatic rings. The number of benzene rings is 1. The van der Waals surface area contributed by atoms with Crippen LogP contribution < -0.4 is 0 Å². The Balaban J connectivity index is 2.09. The summed E-state index contributed by atoms with van der Waals surface area (Å²) in [6, 6.07) is 7.87. The summed E-state index contributed by atoms with van der Waals surface area (Å²) in [5.74, 6) is -2.43. The van der Waals surface area contributed by atoms with Crippen molar-refractivity contribution in [3.8, 4) is 0 Å². The fourth-order valence-electron chi connectivity index (χ4n) is 2.89. The third-order valence-corrected chi connectivity index (χ3v) is 3.77. The van der Waals surface area contributed by atoms with E-state index < -0.39 is 23.8 Å². The Morgan fingerprint density at radius 3 is 2.23 bits per heavy atom. The minimum Gasteiger partial charge on any atom is -0.451 e. The molecule has 0 aliphatic heterocycles. The Morgan fingerprint density at radius 1 is 1.05 bits per heavy atom. The molecule has 0 aromatic heterocycles. The van der Waals surface area contributed by atoms with Gasteiger partial charge in [-0.1, -0.05) is 24.3 Å². The normalized spacial score (nSPS) is 25.0. The van der Waals surface area contributed by atoms with Crippen molar-refractivity contribution >= 4 is 23.1 Å². The number of methoxy groups -OCH3 is 1. The molecule has 0 saturated heterocycles. The van der Waals surface area contributed by atoms with Crippen LogP contribution in [-0.4, -0.2) is 30.9 Å². The van der Waals surface area contributed by atoms with Crippen LogP contribution in [0.1, 0.15) is 25.0 Å². The zero-order valence-electron chi connectivity index (χ0n) is 12.6. The van der Waals surface area contributed by atoms with Crippen LogP contribution in [0, 0.1) is 0 Å². The number of carbonyl (C=O) groups excluding carboxylic acids is 2. The summed E-state index contributed by atoms with van der Waals surface area (Å²) in [5, 5.41) is 0. The van der Waals surface area contributed by atoms with Crippen LogP contribution in [0.5, 0.6) is 0 Å². The lowest BCUT2D eigenvalue weighted by atomic mass is 9.73. The highest BCUT2D eigenvalue weighted by Gasteiger charge is 2.48. The van der Waals surface area contributed by atoms with Gasteiger partial charge in [0.15, 0.2) is 6.10 Å². The van der Waals surface area contributed by atoms with Crippen LogP contribution in [-0.2, 0) is 23.8 Å². The van der Waals surface area contributed by atoms with Crippen molar-refractivity contribution in [2.75, 3.05) is 7.11 Å². The Kier molecular flexibility index (Phi) is 3.37. The fourth-order valence-corrected chi connectivity index (χ4v) is 2.89. The average Bonchev–Trinajstić information content (AvgIpc) is 2.46. The van der Waals surface area contributed by atoms with Crippen molar-refractivity contribution in [3.63, 3.8) is 0 Å². The molecule has 0 heterocycles. The second-order valence-corrected chi connectivity index (χ2v) is 5.23. The SMILES string of the molecule is COC1(OC(C)=O)C=C2C(=CC1OC(C)=O)c1ccccc12. The maximum absolute atomic E-state index is 11.5. The first-order valence-corrected chi connectivity index (χ1v) is 6.93. The van der Waals surface area contributed by atoms with Gasteiger partial charge in [-0.2, -0.15) is 0 Å². The van der Waals surface area contributed by atoms with E-state index in [0.29, 0.717) is 0 Å². The second-order valence-electron chi connectivity index (χ2n) is 5.23. The molecule has 2 aliphatic carbocycles. The van der Waals surface area contributed by atoms with Gasteiger partial charge in [-0.25, -0.2) is 0 Å². The van der Waals surface area contributed by atoms with Gasteiger partial charge < -0.3 is 14.2 Å². The summed E-state index contributed by atoms with van der Waals surface area (Å²) >= 11 is 0. The maximum Gasteiger partial charge on any atom is 0.305 e. The number of carbonyl (C=O) groups is 2. The van der Waals surface area contributed by atoms with Crippen LogP contribution in [0.3, 0.4) is 0 Å². The molecule has 0 saturated carbocycles. The zero-order valence-corrected chi connectivity index (χ0v) is 12.6. The van der Waals surface area contributed by atoms with E-state index in [1.54, 1.807) is 12.2 Å². The number of hydrogen-bond acceptors (Lipinski definition) is 5. The standard InChI is InChI=1S/C17H16O5/c1-10(18)21-16-8-14-12-6-4-5-7-13(12)15(14)9-17(16,20-3)22-11(2)19/h4-9,16H,1-3H3. The van der Waals surface area contributed by atoms with Crippen LogP contribution in [0.25, 0.3) is 11.1 Å². The topological polar surface area (TPSA) is 61.8 Å². The number of ether oxygens (including phenoxy) is 3. The van der Waals surface area contributed by atoms with Crippen LogP contribution >= 0.6 is 0 Å². The monoisotopic (exact) mass is 300 g/mol. The smallest absolute Gasteiger partial charge is 0.305 e. The van der Waals surface area contributed by atoms with Gasteiger partial charge in [-0.15, -0.1) is 0 Å². The molecule has 22 heavy (non-hydrogen) atoms. The Labute approximate surface area is 128 Å². The fraction of sp³-hybridized carbons (Fsp3) is 0.294. The summed E-state index contributed by atoms with van der Waals surface area (Å²) in [7, 11) is 1.42. The van der Waals surface area contributed by atoms with Gasteiger partial charge in [-0.3, -0.25) is 9.59 Å². The Hall–Kier alpha value is -2.40. The molecule has 0 bridgehead atoms. The summed E-state index contributed by atoms with van der Waals surface area (Å²) < 4.78 is 16.1. The van der Waals surface area contributed by atoms with Crippen LogP contribution in [0.15, 0.2) is 36.4 Å². The highest BCUT2D eigenvalue weighted by Crippen LogP contribution is 2.50. The predicted molar refractivity (Wildman–Crippen MR) is 79.5 cm³/mol. The van der Waals surface area contributed by atoms with E-state index in [2.05, 4.69) is 0 Å². The highest BCUT2D eigenvalue weighted by atomic mass is 16.7. The van der Waals surface area contributed by atoms with Crippen molar-refractivity contribution < 1.29 is 23.8 Å². The number of rotatable bonds is 3. The number of fused-ring (bicyclic) bond motifs is 4. The van der Waals surface area contributed by atoms with Gasteiger partial charge in [0.25, 0.3) is 5.79 Å². The zero-order chi connectivity index (χ0) is 15.9. The van der Waals surface area contributed by atoms with Crippen molar-refractivity contribution in [2.45, 2.75) is 25.7 Å². The van der Waals surface area contributed by atoms with Crippen LogP contribution in [0.2, 0.25) is 0 Å². The minimum atomic E-state index is -1.44. The summed E-state index contributed by atoms with van der Waals surface area (Å²) in [6.07, 6.45) is 2.65. The summed E-state index contributed by atoms with van der Waals surface area (Å²) in [4.78, 5) is 22.9. The molecule has 0 amide bonds. The maximum atomic E-state index is 11.5. The molecule has 5 nitrogen and oxygen atoms in total. The quantitative estimate of drug-likeness (QED) is 0.633. The molecule has 114 valence electrons. The molecule has 5 heteroatoms. The third kappa shape index (κ3) is 2.14. The molecule has 0 spiro atoms. The summed E-state index contributed by atoms with van der Waals surface area (Å²) in [5.41, 5.74) is 4.05. The molecule has 2 aliphatic rings. The molecule has 1 aromatic carbocycles. The van der Waals surface area contributed by atoms with Crippen LogP contribution in [0.4, 0.5) is 0 Å². The first-order valence-electron chi connectivity index (χ1n) is 6.93. The first-order chi connectivity index (χ1) is 10.5. The number of hydrogen-bond donors (Lipinski definition) is 0. The molecule has 2 unspecified atom stereocenters. The molecular formula is C17H16O5. The van der Waals surface area contributed by atoms with Gasteiger partial charge >= 0.3 is 11.9 Å². The highest BCUT2D eigenvalue weighted by molar-refractivity contribution is 6.17. The predicted octanol–water partition coefficient (Wildman–Crippen LogP) is 2.32. The van der Waals surface area contributed by atoms with Gasteiger partial charge in [0.2, 0.25) is 0 Å². The molecule has 0 radical (unpaired) electrons. The van der Waals surface area contributed by atoms with E-state index in [1.807, 2.05) is 24.3 Å². The molecule has 0 N–H and O–H groups in total. The Morgan fingerprint density at radius 2 is 1.68 bits per heavy atom. The van der Waals surface area contributed by atoms with E-state index in [-0.39, 0.29) is 0 Å². The third-order valence-electron chi connectivity index (χ3n) is 3.77. The molecule has 0 fully saturated rings. The first kappa shape index (κ1) is 14.5. The van der Waals surface area contributed by atoms with Gasteiger partial charge in [-0.05, 0) is 34.4 Å². The van der Waals surface area contributed by atoms with E-state index in [1.165, 1.54) is 21.0 Å². The van der Waals surface area contributed by atoms with E-state index in [0.717, 1.165) is 22.3 Å². The molecule has 2 atom stereocenters.